The second kappa shape index (κ2) is 5.92. The van der Waals surface area contributed by atoms with Crippen molar-refractivity contribution in [3.05, 3.63) is 82.9 Å². The highest BCUT2D eigenvalue weighted by atomic mass is 16.1. The first-order chi connectivity index (χ1) is 11.8. The zero-order valence-corrected chi connectivity index (χ0v) is 12.6. The zero-order chi connectivity index (χ0) is 16.4. The van der Waals surface area contributed by atoms with Crippen molar-refractivity contribution < 1.29 is 0 Å². The third kappa shape index (κ3) is 2.72. The van der Waals surface area contributed by atoms with E-state index in [4.69, 9.17) is 0 Å². The molecule has 0 aliphatic heterocycles. The minimum atomic E-state index is -0.179. The maximum atomic E-state index is 12.0. The third-order valence-electron chi connectivity index (χ3n) is 3.58. The fourth-order valence-corrected chi connectivity index (χ4v) is 2.41. The molecule has 116 valence electrons. The molecule has 0 unspecified atom stereocenters. The van der Waals surface area contributed by atoms with E-state index in [-0.39, 0.29) is 5.56 Å². The molecule has 4 aromatic rings. The molecule has 24 heavy (non-hydrogen) atoms. The van der Waals surface area contributed by atoms with Crippen molar-refractivity contribution in [1.82, 2.24) is 24.7 Å². The molecule has 0 bridgehead atoms. The minimum absolute atomic E-state index is 0.179. The summed E-state index contributed by atoms with van der Waals surface area (Å²) < 4.78 is 1.79. The van der Waals surface area contributed by atoms with Crippen LogP contribution in [-0.2, 0) is 0 Å². The molecular formula is C18H13N5O. The maximum absolute atomic E-state index is 12.0. The summed E-state index contributed by atoms with van der Waals surface area (Å²) in [6.45, 7) is 0. The van der Waals surface area contributed by atoms with Crippen LogP contribution in [0.4, 0.5) is 0 Å². The van der Waals surface area contributed by atoms with Gasteiger partial charge in [-0.05, 0) is 30.4 Å². The van der Waals surface area contributed by atoms with Gasteiger partial charge in [0, 0.05) is 18.0 Å². The van der Waals surface area contributed by atoms with Gasteiger partial charge >= 0.3 is 0 Å². The molecule has 3 heterocycles. The monoisotopic (exact) mass is 315 g/mol. The van der Waals surface area contributed by atoms with Crippen LogP contribution in [0, 0.1) is 0 Å². The first-order valence-electron chi connectivity index (χ1n) is 7.42. The molecule has 0 atom stereocenters. The largest absolute Gasteiger partial charge is 0.306 e. The molecule has 6 nitrogen and oxygen atoms in total. The average Bonchev–Trinajstić information content (AvgIpc) is 3.10. The topological polar surface area (TPSA) is 76.5 Å². The molecule has 6 heteroatoms. The second-order valence-corrected chi connectivity index (χ2v) is 5.23. The van der Waals surface area contributed by atoms with Gasteiger partial charge in [0.15, 0.2) is 0 Å². The second-order valence-electron chi connectivity index (χ2n) is 5.23. The Kier molecular flexibility index (Phi) is 3.47. The molecule has 0 spiro atoms. The lowest BCUT2D eigenvalue weighted by Gasteiger charge is -1.98. The van der Waals surface area contributed by atoms with Crippen LogP contribution in [0.5, 0.6) is 0 Å². The van der Waals surface area contributed by atoms with Gasteiger partial charge in [-0.3, -0.25) is 9.78 Å². The lowest BCUT2D eigenvalue weighted by atomic mass is 10.3. The molecular weight excluding hydrogens is 302 g/mol. The average molecular weight is 315 g/mol. The van der Waals surface area contributed by atoms with E-state index in [0.717, 1.165) is 11.3 Å². The SMILES string of the molecule is O=c1[nH]c(C=Cc2cnn(-c3ccccc3)c2)nc2cnccc12. The van der Waals surface area contributed by atoms with Crippen molar-refractivity contribution in [2.24, 2.45) is 0 Å². The summed E-state index contributed by atoms with van der Waals surface area (Å²) in [6.07, 6.45) is 10.4. The Labute approximate surface area is 137 Å². The van der Waals surface area contributed by atoms with E-state index in [1.165, 1.54) is 0 Å². The van der Waals surface area contributed by atoms with E-state index < -0.39 is 0 Å². The number of para-hydroxylation sites is 1. The Morgan fingerprint density at radius 1 is 1.04 bits per heavy atom. The molecule has 0 saturated heterocycles. The molecule has 1 N–H and O–H groups in total. The molecule has 0 aliphatic carbocycles. The van der Waals surface area contributed by atoms with Crippen molar-refractivity contribution in [3.8, 4) is 5.69 Å². The first kappa shape index (κ1) is 14.1. The summed E-state index contributed by atoms with van der Waals surface area (Å²) in [4.78, 5) is 23.2. The molecule has 4 rings (SSSR count). The summed E-state index contributed by atoms with van der Waals surface area (Å²) in [6, 6.07) is 11.5. The normalized spacial score (nSPS) is 11.3. The highest BCUT2D eigenvalue weighted by Crippen LogP contribution is 2.10. The Morgan fingerprint density at radius 2 is 1.92 bits per heavy atom. The summed E-state index contributed by atoms with van der Waals surface area (Å²) >= 11 is 0. The van der Waals surface area contributed by atoms with Crippen LogP contribution in [0.1, 0.15) is 11.4 Å². The van der Waals surface area contributed by atoms with Crippen LogP contribution >= 0.6 is 0 Å². The highest BCUT2D eigenvalue weighted by Gasteiger charge is 2.02. The Balaban J connectivity index is 1.64. The Bertz CT molecular complexity index is 1080. The number of aromatic nitrogens is 5. The van der Waals surface area contributed by atoms with E-state index in [0.29, 0.717) is 16.7 Å². The number of pyridine rings is 1. The standard InChI is InChI=1S/C18H13N5O/c24-18-15-8-9-19-11-16(15)21-17(22-18)7-6-13-10-20-23(12-13)14-4-2-1-3-5-14/h1-12H,(H,21,22,24). The number of hydrogen-bond acceptors (Lipinski definition) is 4. The number of benzene rings is 1. The van der Waals surface area contributed by atoms with Crippen molar-refractivity contribution >= 4 is 23.1 Å². The molecule has 0 saturated carbocycles. The number of H-pyrrole nitrogens is 1. The van der Waals surface area contributed by atoms with Crippen molar-refractivity contribution in [3.63, 3.8) is 0 Å². The van der Waals surface area contributed by atoms with Gasteiger partial charge in [-0.2, -0.15) is 5.10 Å². The maximum Gasteiger partial charge on any atom is 0.259 e. The number of fused-ring (bicyclic) bond motifs is 1. The summed E-state index contributed by atoms with van der Waals surface area (Å²) in [5.74, 6) is 0.480. The van der Waals surface area contributed by atoms with E-state index in [1.807, 2.05) is 42.6 Å². The van der Waals surface area contributed by atoms with Crippen molar-refractivity contribution in [2.75, 3.05) is 0 Å². The lowest BCUT2D eigenvalue weighted by molar-refractivity contribution is 0.880. The van der Waals surface area contributed by atoms with Gasteiger partial charge in [0.05, 0.1) is 29.0 Å². The summed E-state index contributed by atoms with van der Waals surface area (Å²) in [5.41, 5.74) is 2.29. The van der Waals surface area contributed by atoms with Gasteiger partial charge < -0.3 is 4.98 Å². The molecule has 0 amide bonds. The lowest BCUT2D eigenvalue weighted by Crippen LogP contribution is -2.09. The quantitative estimate of drug-likeness (QED) is 0.630. The van der Waals surface area contributed by atoms with Gasteiger partial charge in [0.25, 0.3) is 5.56 Å². The highest BCUT2D eigenvalue weighted by molar-refractivity contribution is 5.77. The summed E-state index contributed by atoms with van der Waals surface area (Å²) in [7, 11) is 0. The molecule has 3 aromatic heterocycles. The van der Waals surface area contributed by atoms with Gasteiger partial charge in [0.1, 0.15) is 5.82 Å². The van der Waals surface area contributed by atoms with Crippen molar-refractivity contribution in [1.29, 1.82) is 0 Å². The van der Waals surface area contributed by atoms with Crippen LogP contribution in [0.15, 0.2) is 66.0 Å². The van der Waals surface area contributed by atoms with E-state index in [2.05, 4.69) is 20.1 Å². The predicted molar refractivity (Wildman–Crippen MR) is 92.7 cm³/mol. The number of hydrogen-bond donors (Lipinski definition) is 1. The van der Waals surface area contributed by atoms with E-state index >= 15 is 0 Å². The first-order valence-corrected chi connectivity index (χ1v) is 7.42. The molecule has 0 fully saturated rings. The fraction of sp³-hybridized carbons (Fsp3) is 0. The van der Waals surface area contributed by atoms with Gasteiger partial charge in [-0.1, -0.05) is 18.2 Å². The summed E-state index contributed by atoms with van der Waals surface area (Å²) in [5, 5.41) is 4.86. The number of nitrogens with one attached hydrogen (secondary N) is 1. The van der Waals surface area contributed by atoms with Crippen LogP contribution in [0.3, 0.4) is 0 Å². The van der Waals surface area contributed by atoms with Crippen LogP contribution in [-0.4, -0.2) is 24.7 Å². The third-order valence-corrected chi connectivity index (χ3v) is 3.58. The Morgan fingerprint density at radius 3 is 2.79 bits per heavy atom. The van der Waals surface area contributed by atoms with E-state index in [9.17, 15) is 4.79 Å². The fourth-order valence-electron chi connectivity index (χ4n) is 2.41. The van der Waals surface area contributed by atoms with Crippen LogP contribution in [0.2, 0.25) is 0 Å². The Hall–Kier alpha value is -3.54. The van der Waals surface area contributed by atoms with Crippen molar-refractivity contribution in [2.45, 2.75) is 0 Å². The molecule has 0 aliphatic rings. The number of nitrogens with zero attached hydrogens (tertiary/aromatic N) is 4. The van der Waals surface area contributed by atoms with Gasteiger partial charge in [-0.15, -0.1) is 0 Å². The predicted octanol–water partition coefficient (Wildman–Crippen LogP) is 2.67. The van der Waals surface area contributed by atoms with Crippen LogP contribution in [0.25, 0.3) is 28.7 Å². The van der Waals surface area contributed by atoms with Gasteiger partial charge in [-0.25, -0.2) is 9.67 Å². The molecule has 1 aromatic carbocycles. The van der Waals surface area contributed by atoms with Crippen LogP contribution < -0.4 is 5.56 Å². The number of rotatable bonds is 3. The zero-order valence-electron chi connectivity index (χ0n) is 12.6. The molecule has 0 radical (unpaired) electrons. The number of aromatic amines is 1. The van der Waals surface area contributed by atoms with E-state index in [1.54, 1.807) is 35.4 Å². The van der Waals surface area contributed by atoms with Gasteiger partial charge in [0.2, 0.25) is 0 Å². The smallest absolute Gasteiger partial charge is 0.259 e. The minimum Gasteiger partial charge on any atom is -0.306 e.